The Morgan fingerprint density at radius 1 is 1.36 bits per heavy atom. The molecule has 0 fully saturated rings. The monoisotopic (exact) mass is 340 g/mol. The van der Waals surface area contributed by atoms with Crippen LogP contribution >= 0.6 is 23.1 Å². The van der Waals surface area contributed by atoms with Crippen LogP contribution in [-0.2, 0) is 4.79 Å². The summed E-state index contributed by atoms with van der Waals surface area (Å²) in [5, 5.41) is 14.8. The fourth-order valence-corrected chi connectivity index (χ4v) is 2.64. The predicted octanol–water partition coefficient (Wildman–Crippen LogP) is 2.51. The second kappa shape index (κ2) is 6.93. The Morgan fingerprint density at radius 3 is 2.77 bits per heavy atom. The zero-order chi connectivity index (χ0) is 16.2. The van der Waals surface area contributed by atoms with Gasteiger partial charge in [0.1, 0.15) is 0 Å². The Balaban J connectivity index is 1.80. The van der Waals surface area contributed by atoms with Gasteiger partial charge >= 0.3 is 6.03 Å². The second-order valence-corrected chi connectivity index (χ2v) is 7.27. The number of aromatic nitrogens is 2. The van der Waals surface area contributed by atoms with Gasteiger partial charge in [-0.05, 0) is 32.2 Å². The van der Waals surface area contributed by atoms with Crippen molar-refractivity contribution in [1.82, 2.24) is 20.8 Å². The van der Waals surface area contributed by atoms with E-state index >= 15 is 0 Å². The van der Waals surface area contributed by atoms with E-state index in [9.17, 15) is 9.59 Å². The van der Waals surface area contributed by atoms with Crippen molar-refractivity contribution in [2.75, 3.05) is 5.75 Å². The van der Waals surface area contributed by atoms with E-state index in [2.05, 4.69) is 20.8 Å². The Kier molecular flexibility index (Phi) is 5.19. The molecule has 3 amide bonds. The number of hydrogen-bond donors (Lipinski definition) is 2. The Bertz CT molecular complexity index is 647. The predicted molar refractivity (Wildman–Crippen MR) is 84.8 cm³/mol. The summed E-state index contributed by atoms with van der Waals surface area (Å²) in [7, 11) is 0. The number of carbonyl (C=O) groups is 2. The lowest BCUT2D eigenvalue weighted by atomic mass is 10.1. The first-order valence-electron chi connectivity index (χ1n) is 6.46. The van der Waals surface area contributed by atoms with Crippen LogP contribution in [0, 0.1) is 0 Å². The average molecular weight is 340 g/mol. The highest BCUT2D eigenvalue weighted by Crippen LogP contribution is 2.26. The molecule has 2 heterocycles. The molecule has 0 atom stereocenters. The van der Waals surface area contributed by atoms with Gasteiger partial charge in [0.2, 0.25) is 5.91 Å². The first-order chi connectivity index (χ1) is 10.3. The summed E-state index contributed by atoms with van der Waals surface area (Å²) in [6, 6.07) is 3.23. The minimum absolute atomic E-state index is 0.0175. The van der Waals surface area contributed by atoms with Crippen LogP contribution in [0.25, 0.3) is 10.8 Å². The van der Waals surface area contributed by atoms with Crippen LogP contribution in [0.3, 0.4) is 0 Å². The molecule has 2 aromatic rings. The van der Waals surface area contributed by atoms with Crippen molar-refractivity contribution in [2.45, 2.75) is 31.5 Å². The lowest BCUT2D eigenvalue weighted by Gasteiger charge is -2.20. The number of nitrogens with one attached hydrogen (secondary N) is 2. The maximum Gasteiger partial charge on any atom is 0.321 e. The van der Waals surface area contributed by atoms with E-state index in [-0.39, 0.29) is 11.0 Å². The average Bonchev–Trinajstić information content (AvgIpc) is 3.05. The van der Waals surface area contributed by atoms with Crippen LogP contribution in [0.1, 0.15) is 20.8 Å². The van der Waals surface area contributed by atoms with Gasteiger partial charge in [-0.3, -0.25) is 10.1 Å². The fraction of sp³-hybridized carbons (Fsp3) is 0.385. The summed E-state index contributed by atoms with van der Waals surface area (Å²) in [5.41, 5.74) is -0.403. The quantitative estimate of drug-likeness (QED) is 0.830. The molecular weight excluding hydrogens is 324 g/mol. The van der Waals surface area contributed by atoms with Crippen molar-refractivity contribution in [3.8, 4) is 10.8 Å². The minimum atomic E-state index is -0.525. The lowest BCUT2D eigenvalue weighted by Crippen LogP contribution is -2.48. The van der Waals surface area contributed by atoms with Crippen molar-refractivity contribution < 1.29 is 14.0 Å². The van der Waals surface area contributed by atoms with E-state index in [0.717, 1.165) is 16.6 Å². The molecule has 0 aliphatic heterocycles. The molecule has 2 aromatic heterocycles. The molecular formula is C13H16N4O3S2. The van der Waals surface area contributed by atoms with Crippen molar-refractivity contribution in [3.63, 3.8) is 0 Å². The Morgan fingerprint density at radius 2 is 2.14 bits per heavy atom. The van der Waals surface area contributed by atoms with E-state index < -0.39 is 17.5 Å². The first kappa shape index (κ1) is 16.5. The molecule has 2 rings (SSSR count). The topological polar surface area (TPSA) is 97.1 Å². The molecule has 2 N–H and O–H groups in total. The molecule has 0 saturated carbocycles. The molecule has 118 valence electrons. The molecule has 0 bridgehead atoms. The molecule has 0 aliphatic rings. The van der Waals surface area contributed by atoms with Crippen LogP contribution in [0.15, 0.2) is 27.2 Å². The molecule has 0 spiro atoms. The third-order valence-corrected chi connectivity index (χ3v) is 3.88. The molecule has 0 saturated heterocycles. The number of urea groups is 1. The number of nitrogens with zero attached hydrogens (tertiary/aromatic N) is 2. The van der Waals surface area contributed by atoms with Gasteiger partial charge in [0, 0.05) is 5.54 Å². The van der Waals surface area contributed by atoms with Crippen LogP contribution in [0.4, 0.5) is 4.79 Å². The zero-order valence-corrected chi connectivity index (χ0v) is 14.0. The molecule has 22 heavy (non-hydrogen) atoms. The minimum Gasteiger partial charge on any atom is -0.410 e. The van der Waals surface area contributed by atoms with Gasteiger partial charge in [-0.25, -0.2) is 4.79 Å². The van der Waals surface area contributed by atoms with Gasteiger partial charge in [-0.15, -0.1) is 21.5 Å². The van der Waals surface area contributed by atoms with Gasteiger partial charge in [0.05, 0.1) is 10.6 Å². The number of carbonyl (C=O) groups excluding carboxylic acids is 2. The number of imide groups is 1. The normalized spacial score (nSPS) is 11.2. The van der Waals surface area contributed by atoms with Crippen LogP contribution in [0.5, 0.6) is 0 Å². The smallest absolute Gasteiger partial charge is 0.321 e. The van der Waals surface area contributed by atoms with Gasteiger partial charge in [-0.2, -0.15) is 0 Å². The molecule has 0 unspecified atom stereocenters. The maximum atomic E-state index is 11.7. The van der Waals surface area contributed by atoms with Crippen LogP contribution < -0.4 is 10.6 Å². The van der Waals surface area contributed by atoms with Gasteiger partial charge in [0.15, 0.2) is 0 Å². The van der Waals surface area contributed by atoms with E-state index in [4.69, 9.17) is 4.42 Å². The van der Waals surface area contributed by atoms with Gasteiger partial charge in [0.25, 0.3) is 11.1 Å². The number of rotatable bonds is 4. The molecule has 0 radical (unpaired) electrons. The number of amides is 3. The lowest BCUT2D eigenvalue weighted by molar-refractivity contribution is -0.117. The van der Waals surface area contributed by atoms with Gasteiger partial charge in [-0.1, -0.05) is 17.8 Å². The SMILES string of the molecule is CC(C)(C)NC(=O)NC(=O)CSc1nnc(-c2cccs2)o1. The summed E-state index contributed by atoms with van der Waals surface area (Å²) in [5.74, 6) is 0.00917. The third-order valence-electron chi connectivity index (χ3n) is 2.21. The fourth-order valence-electron chi connectivity index (χ4n) is 1.43. The number of thiophene rings is 1. The van der Waals surface area contributed by atoms with Crippen molar-refractivity contribution in [3.05, 3.63) is 17.5 Å². The first-order valence-corrected chi connectivity index (χ1v) is 8.32. The standard InChI is InChI=1S/C13H16N4O3S2/c1-13(2,3)15-11(19)14-9(18)7-22-12-17-16-10(20-12)8-5-4-6-21-8/h4-6H,7H2,1-3H3,(H2,14,15,18,19). The highest BCUT2D eigenvalue weighted by molar-refractivity contribution is 7.99. The van der Waals surface area contributed by atoms with Crippen molar-refractivity contribution >= 4 is 35.0 Å². The van der Waals surface area contributed by atoms with Crippen molar-refractivity contribution in [2.24, 2.45) is 0 Å². The summed E-state index contributed by atoms with van der Waals surface area (Å²) in [4.78, 5) is 24.1. The number of thioether (sulfide) groups is 1. The molecule has 7 nitrogen and oxygen atoms in total. The Labute approximate surface area is 135 Å². The largest absolute Gasteiger partial charge is 0.410 e. The summed E-state index contributed by atoms with van der Waals surface area (Å²) >= 11 is 2.57. The third kappa shape index (κ3) is 5.15. The van der Waals surface area contributed by atoms with E-state index in [1.807, 2.05) is 38.3 Å². The Hall–Kier alpha value is -1.87. The molecule has 0 aromatic carbocycles. The summed E-state index contributed by atoms with van der Waals surface area (Å²) in [6.07, 6.45) is 0. The summed E-state index contributed by atoms with van der Waals surface area (Å²) < 4.78 is 5.43. The highest BCUT2D eigenvalue weighted by Gasteiger charge is 2.17. The van der Waals surface area contributed by atoms with E-state index in [1.165, 1.54) is 11.3 Å². The number of hydrogen-bond acceptors (Lipinski definition) is 7. The zero-order valence-electron chi connectivity index (χ0n) is 12.4. The maximum absolute atomic E-state index is 11.7. The highest BCUT2D eigenvalue weighted by atomic mass is 32.2. The van der Waals surface area contributed by atoms with Gasteiger partial charge < -0.3 is 9.73 Å². The second-order valence-electron chi connectivity index (χ2n) is 5.39. The van der Waals surface area contributed by atoms with E-state index in [1.54, 1.807) is 0 Å². The van der Waals surface area contributed by atoms with E-state index in [0.29, 0.717) is 5.89 Å². The molecule has 0 aliphatic carbocycles. The van der Waals surface area contributed by atoms with Crippen LogP contribution in [0.2, 0.25) is 0 Å². The van der Waals surface area contributed by atoms with Crippen LogP contribution in [-0.4, -0.2) is 33.4 Å². The molecule has 9 heteroatoms. The van der Waals surface area contributed by atoms with Crippen molar-refractivity contribution in [1.29, 1.82) is 0 Å². The summed E-state index contributed by atoms with van der Waals surface area (Å²) in [6.45, 7) is 5.49.